The topological polar surface area (TPSA) is 59.6 Å². The third-order valence-corrected chi connectivity index (χ3v) is 2.03. The average Bonchev–Trinajstić information content (AvgIpc) is 2.26. The minimum atomic E-state index is 0.305. The Morgan fingerprint density at radius 2 is 2.00 bits per heavy atom. The fourth-order valence-corrected chi connectivity index (χ4v) is 1.25. The van der Waals surface area contributed by atoms with Crippen LogP contribution < -0.4 is 15.8 Å². The van der Waals surface area contributed by atoms with Crippen molar-refractivity contribution in [2.45, 2.75) is 26.4 Å². The molecule has 1 aromatic carbocycles. The number of aliphatic imine (C=N–C) groups is 1. The molecule has 0 bridgehead atoms. The Hall–Kier alpha value is -1.71. The third-order valence-electron chi connectivity index (χ3n) is 2.03. The number of nitrogens with one attached hydrogen (secondary N) is 1. The number of rotatable bonds is 4. The molecule has 0 amide bonds. The van der Waals surface area contributed by atoms with E-state index in [-0.39, 0.29) is 0 Å². The molecule has 0 aliphatic carbocycles. The molecule has 1 aromatic rings. The molecule has 1 rings (SSSR count). The van der Waals surface area contributed by atoms with Crippen molar-refractivity contribution in [1.82, 2.24) is 5.32 Å². The smallest absolute Gasteiger partial charge is 0.189 e. The van der Waals surface area contributed by atoms with Crippen molar-refractivity contribution in [3.8, 4) is 5.75 Å². The van der Waals surface area contributed by atoms with Crippen LogP contribution in [0.25, 0.3) is 0 Å². The summed E-state index contributed by atoms with van der Waals surface area (Å²) in [6, 6.07) is 8.09. The fourth-order valence-electron chi connectivity index (χ4n) is 1.25. The predicted molar refractivity (Wildman–Crippen MR) is 66.6 cm³/mol. The highest BCUT2D eigenvalue weighted by atomic mass is 16.5. The van der Waals surface area contributed by atoms with Gasteiger partial charge in [0.2, 0.25) is 0 Å². The number of ether oxygens (including phenoxy) is 1. The molecule has 4 nitrogen and oxygen atoms in total. The second kappa shape index (κ2) is 6.00. The first-order valence-corrected chi connectivity index (χ1v) is 5.31. The minimum absolute atomic E-state index is 0.305. The summed E-state index contributed by atoms with van der Waals surface area (Å²) in [7, 11) is 1.65. The second-order valence-electron chi connectivity index (χ2n) is 3.85. The standard InChI is InChI=1S/C12H19N3O/c1-9(2)15-12(13)14-8-10-4-6-11(16-3)7-5-10/h4-7,9H,8H2,1-3H3,(H3,13,14,15). The zero-order valence-corrected chi connectivity index (χ0v) is 10.0. The highest BCUT2D eigenvalue weighted by Gasteiger charge is 1.96. The first kappa shape index (κ1) is 12.4. The van der Waals surface area contributed by atoms with Gasteiger partial charge in [-0.15, -0.1) is 0 Å². The summed E-state index contributed by atoms with van der Waals surface area (Å²) >= 11 is 0. The van der Waals surface area contributed by atoms with Crippen molar-refractivity contribution in [2.24, 2.45) is 10.7 Å². The van der Waals surface area contributed by atoms with Crippen LogP contribution in [0.5, 0.6) is 5.75 Å². The van der Waals surface area contributed by atoms with Crippen molar-refractivity contribution < 1.29 is 4.74 Å². The van der Waals surface area contributed by atoms with E-state index >= 15 is 0 Å². The van der Waals surface area contributed by atoms with E-state index in [1.807, 2.05) is 38.1 Å². The molecule has 0 aliphatic heterocycles. The third kappa shape index (κ3) is 4.21. The lowest BCUT2D eigenvalue weighted by atomic mass is 10.2. The van der Waals surface area contributed by atoms with E-state index in [0.29, 0.717) is 18.5 Å². The minimum Gasteiger partial charge on any atom is -0.497 e. The summed E-state index contributed by atoms with van der Waals surface area (Å²) in [5.41, 5.74) is 6.80. The van der Waals surface area contributed by atoms with Gasteiger partial charge in [-0.05, 0) is 31.5 Å². The van der Waals surface area contributed by atoms with E-state index < -0.39 is 0 Å². The van der Waals surface area contributed by atoms with Gasteiger partial charge in [-0.2, -0.15) is 0 Å². The predicted octanol–water partition coefficient (Wildman–Crippen LogP) is 1.51. The molecule has 0 spiro atoms. The van der Waals surface area contributed by atoms with Crippen molar-refractivity contribution in [3.05, 3.63) is 29.8 Å². The highest BCUT2D eigenvalue weighted by molar-refractivity contribution is 5.78. The van der Waals surface area contributed by atoms with Crippen LogP contribution in [0.3, 0.4) is 0 Å². The van der Waals surface area contributed by atoms with E-state index in [0.717, 1.165) is 11.3 Å². The maximum Gasteiger partial charge on any atom is 0.189 e. The average molecular weight is 221 g/mol. The van der Waals surface area contributed by atoms with Gasteiger partial charge in [-0.1, -0.05) is 12.1 Å². The quantitative estimate of drug-likeness (QED) is 0.598. The van der Waals surface area contributed by atoms with Gasteiger partial charge >= 0.3 is 0 Å². The molecule has 0 unspecified atom stereocenters. The molecule has 0 radical (unpaired) electrons. The molecule has 4 heteroatoms. The van der Waals surface area contributed by atoms with Gasteiger partial charge in [0.05, 0.1) is 13.7 Å². The Morgan fingerprint density at radius 1 is 1.38 bits per heavy atom. The molecule has 3 N–H and O–H groups in total. The second-order valence-corrected chi connectivity index (χ2v) is 3.85. The summed E-state index contributed by atoms with van der Waals surface area (Å²) in [5.74, 6) is 1.33. The Labute approximate surface area is 96.5 Å². The van der Waals surface area contributed by atoms with Crippen LogP contribution in [0.1, 0.15) is 19.4 Å². The number of nitrogens with zero attached hydrogens (tertiary/aromatic N) is 1. The van der Waals surface area contributed by atoms with E-state index in [4.69, 9.17) is 10.5 Å². The molecule has 88 valence electrons. The molecule has 0 aliphatic rings. The Bertz CT molecular complexity index is 344. The zero-order chi connectivity index (χ0) is 12.0. The van der Waals surface area contributed by atoms with Gasteiger partial charge < -0.3 is 15.8 Å². The molecular formula is C12H19N3O. The molecule has 0 fully saturated rings. The highest BCUT2D eigenvalue weighted by Crippen LogP contribution is 2.11. The first-order chi connectivity index (χ1) is 7.61. The van der Waals surface area contributed by atoms with Crippen molar-refractivity contribution in [2.75, 3.05) is 7.11 Å². The molecule has 0 saturated carbocycles. The lowest BCUT2D eigenvalue weighted by molar-refractivity contribution is 0.414. The Balaban J connectivity index is 2.53. The maximum absolute atomic E-state index is 5.69. The number of nitrogens with two attached hydrogens (primary N) is 1. The van der Waals surface area contributed by atoms with Crippen LogP contribution in [0.4, 0.5) is 0 Å². The molecule has 0 heterocycles. The van der Waals surface area contributed by atoms with Crippen molar-refractivity contribution >= 4 is 5.96 Å². The zero-order valence-electron chi connectivity index (χ0n) is 10.0. The number of methoxy groups -OCH3 is 1. The maximum atomic E-state index is 5.69. The van der Waals surface area contributed by atoms with Gasteiger partial charge in [0.25, 0.3) is 0 Å². The summed E-state index contributed by atoms with van der Waals surface area (Å²) in [5, 5.41) is 3.04. The van der Waals surface area contributed by atoms with Crippen LogP contribution in [0, 0.1) is 0 Å². The molecule has 0 aromatic heterocycles. The van der Waals surface area contributed by atoms with Gasteiger partial charge in [0, 0.05) is 6.04 Å². The van der Waals surface area contributed by atoms with E-state index in [2.05, 4.69) is 10.3 Å². The number of hydrogen-bond donors (Lipinski definition) is 2. The molecule has 16 heavy (non-hydrogen) atoms. The Kier molecular flexibility index (Phi) is 4.64. The van der Waals surface area contributed by atoms with Crippen LogP contribution in [0.15, 0.2) is 29.3 Å². The number of guanidine groups is 1. The molecule has 0 saturated heterocycles. The van der Waals surface area contributed by atoms with Crippen LogP contribution in [0.2, 0.25) is 0 Å². The van der Waals surface area contributed by atoms with Crippen LogP contribution in [-0.2, 0) is 6.54 Å². The van der Waals surface area contributed by atoms with Crippen molar-refractivity contribution in [3.63, 3.8) is 0 Å². The monoisotopic (exact) mass is 221 g/mol. The van der Waals surface area contributed by atoms with E-state index in [9.17, 15) is 0 Å². The first-order valence-electron chi connectivity index (χ1n) is 5.31. The van der Waals surface area contributed by atoms with Crippen LogP contribution >= 0.6 is 0 Å². The van der Waals surface area contributed by atoms with Gasteiger partial charge in [0.1, 0.15) is 5.75 Å². The Morgan fingerprint density at radius 3 is 2.50 bits per heavy atom. The van der Waals surface area contributed by atoms with E-state index in [1.54, 1.807) is 7.11 Å². The van der Waals surface area contributed by atoms with Crippen LogP contribution in [-0.4, -0.2) is 19.1 Å². The van der Waals surface area contributed by atoms with Gasteiger partial charge in [-0.3, -0.25) is 0 Å². The van der Waals surface area contributed by atoms with E-state index in [1.165, 1.54) is 0 Å². The van der Waals surface area contributed by atoms with Crippen molar-refractivity contribution in [1.29, 1.82) is 0 Å². The fraction of sp³-hybridized carbons (Fsp3) is 0.417. The van der Waals surface area contributed by atoms with Gasteiger partial charge in [0.15, 0.2) is 5.96 Å². The summed E-state index contributed by atoms with van der Waals surface area (Å²) in [6.07, 6.45) is 0. The number of hydrogen-bond acceptors (Lipinski definition) is 2. The summed E-state index contributed by atoms with van der Waals surface area (Å²) in [6.45, 7) is 4.63. The SMILES string of the molecule is COc1ccc(CN=C(N)NC(C)C)cc1. The molecular weight excluding hydrogens is 202 g/mol. The molecule has 0 atom stereocenters. The summed E-state index contributed by atoms with van der Waals surface area (Å²) < 4.78 is 5.07. The van der Waals surface area contributed by atoms with Gasteiger partial charge in [-0.25, -0.2) is 4.99 Å². The largest absolute Gasteiger partial charge is 0.497 e. The summed E-state index contributed by atoms with van der Waals surface area (Å²) in [4.78, 5) is 4.23. The number of benzene rings is 1. The normalized spacial score (nSPS) is 11.6. The lowest BCUT2D eigenvalue weighted by Gasteiger charge is -2.08. The lowest BCUT2D eigenvalue weighted by Crippen LogP contribution is -2.36.